The zero-order valence-corrected chi connectivity index (χ0v) is 11.0. The number of ketones is 2. The van der Waals surface area contributed by atoms with Crippen molar-refractivity contribution in [3.63, 3.8) is 0 Å². The molecule has 1 aromatic carbocycles. The van der Waals surface area contributed by atoms with E-state index >= 15 is 0 Å². The lowest BCUT2D eigenvalue weighted by Gasteiger charge is -2.30. The van der Waals surface area contributed by atoms with Gasteiger partial charge in [0.05, 0.1) is 23.0 Å². The molecule has 2 atom stereocenters. The largest absolute Gasteiger partial charge is 0.512 e. The van der Waals surface area contributed by atoms with E-state index < -0.39 is 57.6 Å². The summed E-state index contributed by atoms with van der Waals surface area (Å²) in [6, 6.07) is 0.710. The van der Waals surface area contributed by atoms with E-state index in [4.69, 9.17) is 5.11 Å². The molecule has 0 fully saturated rings. The fourth-order valence-corrected chi connectivity index (χ4v) is 2.84. The fraction of sp³-hybridized carbons (Fsp3) is 0.133. The van der Waals surface area contributed by atoms with Crippen molar-refractivity contribution in [3.8, 4) is 11.5 Å². The molecule has 22 heavy (non-hydrogen) atoms. The molecule has 112 valence electrons. The highest BCUT2D eigenvalue weighted by Gasteiger charge is 2.46. The first-order chi connectivity index (χ1) is 10.3. The lowest BCUT2D eigenvalue weighted by Crippen LogP contribution is -2.38. The molecule has 7 heteroatoms. The zero-order chi connectivity index (χ0) is 16.2. The van der Waals surface area contributed by atoms with Crippen molar-refractivity contribution in [1.82, 2.24) is 0 Å². The van der Waals surface area contributed by atoms with E-state index in [1.807, 2.05) is 0 Å². The summed E-state index contributed by atoms with van der Waals surface area (Å²) in [5.74, 6) is -7.14. The average molecular weight is 302 g/mol. The van der Waals surface area contributed by atoms with Gasteiger partial charge in [-0.15, -0.1) is 0 Å². The fourth-order valence-electron chi connectivity index (χ4n) is 2.84. The number of hydrogen-bond acceptors (Lipinski definition) is 6. The Kier molecular flexibility index (Phi) is 2.81. The molecule has 0 aromatic heterocycles. The lowest BCUT2D eigenvalue weighted by atomic mass is 9.70. The lowest BCUT2D eigenvalue weighted by molar-refractivity contribution is 0.0689. The second-order valence-corrected chi connectivity index (χ2v) is 5.06. The Morgan fingerprint density at radius 3 is 2.36 bits per heavy atom. The quantitative estimate of drug-likeness (QED) is 0.577. The molecule has 0 bridgehead atoms. The van der Waals surface area contributed by atoms with Crippen molar-refractivity contribution >= 4 is 17.5 Å². The van der Waals surface area contributed by atoms with Gasteiger partial charge in [-0.25, -0.2) is 4.79 Å². The molecule has 0 radical (unpaired) electrons. The van der Waals surface area contributed by atoms with Crippen LogP contribution >= 0.6 is 0 Å². The van der Waals surface area contributed by atoms with Gasteiger partial charge in [0.15, 0.2) is 11.6 Å². The molecule has 0 heterocycles. The number of benzene rings is 1. The number of aromatic hydroxyl groups is 2. The number of carbonyl (C=O) groups excluding carboxylic acids is 2. The molecule has 0 aliphatic heterocycles. The van der Waals surface area contributed by atoms with Gasteiger partial charge in [-0.1, -0.05) is 12.2 Å². The minimum atomic E-state index is -1.54. The van der Waals surface area contributed by atoms with Crippen LogP contribution in [0, 0.1) is 11.8 Å². The Hall–Kier alpha value is -3.09. The van der Waals surface area contributed by atoms with E-state index in [-0.39, 0.29) is 5.76 Å². The average Bonchev–Trinajstić information content (AvgIpc) is 2.46. The second kappa shape index (κ2) is 4.45. The van der Waals surface area contributed by atoms with Crippen LogP contribution in [0.2, 0.25) is 0 Å². The highest BCUT2D eigenvalue weighted by molar-refractivity contribution is 6.21. The van der Waals surface area contributed by atoms with Gasteiger partial charge in [0.25, 0.3) is 0 Å². The Bertz CT molecular complexity index is 801. The maximum absolute atomic E-state index is 12.5. The van der Waals surface area contributed by atoms with Crippen LogP contribution in [0.1, 0.15) is 31.1 Å². The first kappa shape index (κ1) is 13.9. The van der Waals surface area contributed by atoms with E-state index in [9.17, 15) is 29.7 Å². The molecule has 0 saturated heterocycles. The Morgan fingerprint density at radius 1 is 1.05 bits per heavy atom. The van der Waals surface area contributed by atoms with Crippen molar-refractivity contribution in [2.75, 3.05) is 0 Å². The van der Waals surface area contributed by atoms with Gasteiger partial charge in [0, 0.05) is 0 Å². The minimum absolute atomic E-state index is 0.322. The first-order valence-corrected chi connectivity index (χ1v) is 6.32. The Labute approximate surface area is 123 Å². The molecular formula is C15H10O7. The summed E-state index contributed by atoms with van der Waals surface area (Å²) in [6.07, 6.45) is 4.04. The standard InChI is InChI=1S/C15H10O7/c16-7-3-1-2-5-9(7)14(20)10-8(17)4-6(15(21)22)13(19)11(10)12(5)18/h1-5,9,16-17,19H,(H,21,22). The van der Waals surface area contributed by atoms with Crippen molar-refractivity contribution in [3.05, 3.63) is 46.7 Å². The monoisotopic (exact) mass is 302 g/mol. The summed E-state index contributed by atoms with van der Waals surface area (Å²) >= 11 is 0. The van der Waals surface area contributed by atoms with Crippen LogP contribution in [0.5, 0.6) is 11.5 Å². The van der Waals surface area contributed by atoms with Crippen molar-refractivity contribution in [2.24, 2.45) is 11.8 Å². The summed E-state index contributed by atoms with van der Waals surface area (Å²) in [6.45, 7) is 0. The topological polar surface area (TPSA) is 132 Å². The summed E-state index contributed by atoms with van der Waals surface area (Å²) in [5.41, 5.74) is -1.66. The predicted octanol–water partition coefficient (Wildman–Crippen LogP) is 1.42. The number of fused-ring (bicyclic) bond motifs is 2. The number of carboxylic acid groups (broad SMARTS) is 1. The summed E-state index contributed by atoms with van der Waals surface area (Å²) < 4.78 is 0. The maximum atomic E-state index is 12.5. The van der Waals surface area contributed by atoms with Crippen LogP contribution in [0.4, 0.5) is 0 Å². The molecule has 2 unspecified atom stereocenters. The third kappa shape index (κ3) is 1.65. The molecule has 7 nitrogen and oxygen atoms in total. The number of phenolic OH excluding ortho intramolecular Hbond substituents is 1. The number of aliphatic hydroxyl groups is 1. The van der Waals surface area contributed by atoms with E-state index in [1.165, 1.54) is 18.2 Å². The zero-order valence-electron chi connectivity index (χ0n) is 11.0. The third-order valence-corrected chi connectivity index (χ3v) is 3.85. The summed E-state index contributed by atoms with van der Waals surface area (Å²) in [7, 11) is 0. The SMILES string of the molecule is O=C(O)c1cc(O)c2c(c1O)C(=O)C1C=CC=C(O)C1C2=O. The normalized spacial score (nSPS) is 22.8. The molecule has 0 spiro atoms. The van der Waals surface area contributed by atoms with E-state index in [2.05, 4.69) is 0 Å². The third-order valence-electron chi connectivity index (χ3n) is 3.85. The van der Waals surface area contributed by atoms with Crippen molar-refractivity contribution in [2.45, 2.75) is 0 Å². The highest BCUT2D eigenvalue weighted by atomic mass is 16.4. The number of Topliss-reactive ketones (excluding diaryl/α,β-unsaturated/α-hetero) is 2. The van der Waals surface area contributed by atoms with Crippen LogP contribution < -0.4 is 0 Å². The molecule has 4 N–H and O–H groups in total. The number of aromatic carboxylic acids is 1. The van der Waals surface area contributed by atoms with Gasteiger partial charge in [0.1, 0.15) is 22.8 Å². The second-order valence-electron chi connectivity index (χ2n) is 5.06. The van der Waals surface area contributed by atoms with Crippen molar-refractivity contribution in [1.29, 1.82) is 0 Å². The molecule has 0 amide bonds. The minimum Gasteiger partial charge on any atom is -0.512 e. The van der Waals surface area contributed by atoms with Gasteiger partial charge in [0.2, 0.25) is 0 Å². The van der Waals surface area contributed by atoms with Crippen LogP contribution in [-0.2, 0) is 0 Å². The molecule has 0 saturated carbocycles. The van der Waals surface area contributed by atoms with E-state index in [0.29, 0.717) is 6.07 Å². The molecule has 1 aromatic rings. The number of aliphatic hydroxyl groups excluding tert-OH is 1. The van der Waals surface area contributed by atoms with Crippen LogP contribution in [-0.4, -0.2) is 38.0 Å². The number of carbonyl (C=O) groups is 3. The number of phenols is 2. The summed E-state index contributed by atoms with van der Waals surface area (Å²) in [4.78, 5) is 36.0. The maximum Gasteiger partial charge on any atom is 0.339 e. The number of allylic oxidation sites excluding steroid dienone is 4. The van der Waals surface area contributed by atoms with Crippen molar-refractivity contribution < 1.29 is 34.8 Å². The van der Waals surface area contributed by atoms with E-state index in [0.717, 1.165) is 0 Å². The Morgan fingerprint density at radius 2 is 1.73 bits per heavy atom. The van der Waals surface area contributed by atoms with Gasteiger partial charge in [-0.05, 0) is 12.1 Å². The highest BCUT2D eigenvalue weighted by Crippen LogP contribution is 2.44. The molecule has 2 aliphatic rings. The van der Waals surface area contributed by atoms with E-state index in [1.54, 1.807) is 0 Å². The van der Waals surface area contributed by atoms with Crippen LogP contribution in [0.3, 0.4) is 0 Å². The number of carboxylic acids is 1. The van der Waals surface area contributed by atoms with Gasteiger partial charge in [-0.3, -0.25) is 9.59 Å². The molecular weight excluding hydrogens is 292 g/mol. The number of rotatable bonds is 1. The van der Waals surface area contributed by atoms with Crippen LogP contribution in [0.15, 0.2) is 30.1 Å². The molecule has 2 aliphatic carbocycles. The van der Waals surface area contributed by atoms with Gasteiger partial charge < -0.3 is 20.4 Å². The first-order valence-electron chi connectivity index (χ1n) is 6.32. The van der Waals surface area contributed by atoms with Gasteiger partial charge >= 0.3 is 5.97 Å². The van der Waals surface area contributed by atoms with Gasteiger partial charge in [-0.2, -0.15) is 0 Å². The molecule has 3 rings (SSSR count). The number of hydrogen-bond donors (Lipinski definition) is 4. The Balaban J connectivity index is 2.33. The van der Waals surface area contributed by atoms with Crippen LogP contribution in [0.25, 0.3) is 0 Å². The smallest absolute Gasteiger partial charge is 0.339 e. The summed E-state index contributed by atoms with van der Waals surface area (Å²) in [5, 5.41) is 38.7. The predicted molar refractivity (Wildman–Crippen MR) is 72.2 cm³/mol.